The summed E-state index contributed by atoms with van der Waals surface area (Å²) in [5.74, 6) is 1.61. The third-order valence-corrected chi connectivity index (χ3v) is 3.90. The molecule has 0 atom stereocenters. The first-order valence-corrected chi connectivity index (χ1v) is 7.43. The number of oxime groups is 1. The lowest BCUT2D eigenvalue weighted by Gasteiger charge is -2.05. The molecule has 0 unspecified atom stereocenters. The Hall–Kier alpha value is -1.54. The number of aryl methyl sites for hydroxylation is 1. The van der Waals surface area contributed by atoms with Gasteiger partial charge in [0.25, 0.3) is 0 Å². The highest BCUT2D eigenvalue weighted by Gasteiger charge is 2.22. The van der Waals surface area contributed by atoms with Crippen LogP contribution in [-0.2, 0) is 4.84 Å². The highest BCUT2D eigenvalue weighted by Crippen LogP contribution is 2.29. The van der Waals surface area contributed by atoms with E-state index in [0.717, 1.165) is 21.9 Å². The van der Waals surface area contributed by atoms with Gasteiger partial charge in [0.1, 0.15) is 12.7 Å². The molecule has 4 nitrogen and oxygen atoms in total. The molecule has 1 aliphatic rings. The molecular formula is C14H17N3OS. The standard InChI is InChI=1S/C14H17N3OS/c1-3-19-14-6-12(8-16-10(14)2)13(7-15)17-18-9-11-4-5-11/h6,8,11H,3-5,9H2,1-2H3/b17-13+. The maximum absolute atomic E-state index is 9.16. The SMILES string of the molecule is CCSc1cc(/C(C#N)=N/OCC2CC2)cnc1C. The highest BCUT2D eigenvalue weighted by atomic mass is 32.2. The highest BCUT2D eigenvalue weighted by molar-refractivity contribution is 7.99. The molecule has 0 aliphatic heterocycles. The van der Waals surface area contributed by atoms with Crippen molar-refractivity contribution in [1.82, 2.24) is 4.98 Å². The van der Waals surface area contributed by atoms with Gasteiger partial charge in [0.2, 0.25) is 0 Å². The van der Waals surface area contributed by atoms with Gasteiger partial charge in [-0.25, -0.2) is 0 Å². The van der Waals surface area contributed by atoms with Crippen LogP contribution < -0.4 is 0 Å². The van der Waals surface area contributed by atoms with Crippen LogP contribution in [0.1, 0.15) is 31.0 Å². The van der Waals surface area contributed by atoms with Crippen molar-refractivity contribution in [2.75, 3.05) is 12.4 Å². The molecule has 0 amide bonds. The summed E-state index contributed by atoms with van der Waals surface area (Å²) >= 11 is 1.71. The van der Waals surface area contributed by atoms with Gasteiger partial charge in [-0.15, -0.1) is 11.8 Å². The van der Waals surface area contributed by atoms with E-state index in [9.17, 15) is 0 Å². The van der Waals surface area contributed by atoms with Gasteiger partial charge in [-0.05, 0) is 37.5 Å². The molecule has 1 aromatic rings. The number of pyridine rings is 1. The number of nitrogens with zero attached hydrogens (tertiary/aromatic N) is 3. The van der Waals surface area contributed by atoms with Crippen molar-refractivity contribution in [2.45, 2.75) is 31.6 Å². The number of nitriles is 1. The van der Waals surface area contributed by atoms with Crippen LogP contribution in [0.4, 0.5) is 0 Å². The lowest BCUT2D eigenvalue weighted by atomic mass is 10.2. The second kappa shape index (κ2) is 6.58. The third-order valence-electron chi connectivity index (χ3n) is 2.88. The summed E-state index contributed by atoms with van der Waals surface area (Å²) in [5.41, 5.74) is 2.00. The molecule has 0 radical (unpaired) electrons. The summed E-state index contributed by atoms with van der Waals surface area (Å²) in [6, 6.07) is 4.03. The summed E-state index contributed by atoms with van der Waals surface area (Å²) in [7, 11) is 0. The van der Waals surface area contributed by atoms with Gasteiger partial charge in [0.15, 0.2) is 5.71 Å². The number of hydrogen-bond donors (Lipinski definition) is 0. The average molecular weight is 275 g/mol. The van der Waals surface area contributed by atoms with Crippen LogP contribution in [0.15, 0.2) is 22.3 Å². The second-order valence-corrected chi connectivity index (χ2v) is 5.84. The van der Waals surface area contributed by atoms with Crippen LogP contribution in [0.5, 0.6) is 0 Å². The van der Waals surface area contributed by atoms with Crippen molar-refractivity contribution >= 4 is 17.5 Å². The zero-order valence-electron chi connectivity index (χ0n) is 11.2. The number of hydrogen-bond acceptors (Lipinski definition) is 5. The minimum absolute atomic E-state index is 0.297. The maximum Gasteiger partial charge on any atom is 0.188 e. The first kappa shape index (κ1) is 13.9. The van der Waals surface area contributed by atoms with E-state index in [4.69, 9.17) is 10.1 Å². The smallest absolute Gasteiger partial charge is 0.188 e. The van der Waals surface area contributed by atoms with Crippen LogP contribution >= 0.6 is 11.8 Å². The Balaban J connectivity index is 2.12. The van der Waals surface area contributed by atoms with Gasteiger partial charge < -0.3 is 4.84 Å². The Morgan fingerprint density at radius 2 is 2.42 bits per heavy atom. The quantitative estimate of drug-likeness (QED) is 0.454. The molecule has 5 heteroatoms. The summed E-state index contributed by atoms with van der Waals surface area (Å²) in [6.45, 7) is 4.67. The molecule has 2 rings (SSSR count). The molecule has 19 heavy (non-hydrogen) atoms. The van der Waals surface area contributed by atoms with Crippen LogP contribution in [-0.4, -0.2) is 23.1 Å². The summed E-state index contributed by atoms with van der Waals surface area (Å²) in [6.07, 6.45) is 4.10. The van der Waals surface area contributed by atoms with Gasteiger partial charge in [-0.1, -0.05) is 12.1 Å². The topological polar surface area (TPSA) is 58.3 Å². The molecule has 1 aromatic heterocycles. The van der Waals surface area contributed by atoms with E-state index in [-0.39, 0.29) is 0 Å². The Kier molecular flexibility index (Phi) is 4.80. The van der Waals surface area contributed by atoms with Gasteiger partial charge >= 0.3 is 0 Å². The normalized spacial score (nSPS) is 15.1. The first-order valence-electron chi connectivity index (χ1n) is 6.44. The summed E-state index contributed by atoms with van der Waals surface area (Å²) in [5, 5.41) is 13.1. The predicted molar refractivity (Wildman–Crippen MR) is 76.2 cm³/mol. The Bertz CT molecular complexity index is 518. The lowest BCUT2D eigenvalue weighted by Crippen LogP contribution is -2.02. The van der Waals surface area contributed by atoms with Crippen LogP contribution in [0.3, 0.4) is 0 Å². The molecular weight excluding hydrogens is 258 g/mol. The minimum Gasteiger partial charge on any atom is -0.394 e. The van der Waals surface area contributed by atoms with Gasteiger partial charge in [-0.3, -0.25) is 4.98 Å². The molecule has 0 N–H and O–H groups in total. The van der Waals surface area contributed by atoms with Crippen molar-refractivity contribution in [3.8, 4) is 6.07 Å². The summed E-state index contributed by atoms with van der Waals surface area (Å²) < 4.78 is 0. The molecule has 0 aromatic carbocycles. The molecule has 1 saturated carbocycles. The Morgan fingerprint density at radius 1 is 1.63 bits per heavy atom. The second-order valence-electron chi connectivity index (χ2n) is 4.53. The number of rotatable bonds is 6. The largest absolute Gasteiger partial charge is 0.394 e. The van der Waals surface area contributed by atoms with Crippen molar-refractivity contribution < 1.29 is 4.84 Å². The third kappa shape index (κ3) is 3.97. The lowest BCUT2D eigenvalue weighted by molar-refractivity contribution is 0.134. The van der Waals surface area contributed by atoms with Crippen LogP contribution in [0.25, 0.3) is 0 Å². The van der Waals surface area contributed by atoms with Gasteiger partial charge in [0.05, 0.1) is 5.69 Å². The zero-order valence-corrected chi connectivity index (χ0v) is 12.0. The maximum atomic E-state index is 9.16. The number of thioether (sulfide) groups is 1. The fourth-order valence-corrected chi connectivity index (χ4v) is 2.36. The fourth-order valence-electron chi connectivity index (χ4n) is 1.57. The van der Waals surface area contributed by atoms with Crippen LogP contribution in [0, 0.1) is 24.2 Å². The van der Waals surface area contributed by atoms with E-state index in [1.165, 1.54) is 12.8 Å². The molecule has 100 valence electrons. The van der Waals surface area contributed by atoms with Crippen molar-refractivity contribution in [1.29, 1.82) is 5.26 Å². The first-order chi connectivity index (χ1) is 9.24. The van der Waals surface area contributed by atoms with E-state index < -0.39 is 0 Å². The Morgan fingerprint density at radius 3 is 3.05 bits per heavy atom. The molecule has 1 fully saturated rings. The molecule has 1 aliphatic carbocycles. The van der Waals surface area contributed by atoms with Gasteiger partial charge in [0, 0.05) is 16.7 Å². The monoisotopic (exact) mass is 275 g/mol. The molecule has 1 heterocycles. The van der Waals surface area contributed by atoms with E-state index >= 15 is 0 Å². The molecule has 0 saturated heterocycles. The van der Waals surface area contributed by atoms with Crippen molar-refractivity contribution in [2.24, 2.45) is 11.1 Å². The van der Waals surface area contributed by atoms with Gasteiger partial charge in [-0.2, -0.15) is 5.26 Å². The van der Waals surface area contributed by atoms with E-state index in [1.54, 1.807) is 18.0 Å². The zero-order chi connectivity index (χ0) is 13.7. The molecule has 0 bridgehead atoms. The van der Waals surface area contributed by atoms with E-state index in [0.29, 0.717) is 18.2 Å². The Labute approximate surface area is 117 Å². The summed E-state index contributed by atoms with van der Waals surface area (Å²) in [4.78, 5) is 10.6. The number of aromatic nitrogens is 1. The fraction of sp³-hybridized carbons (Fsp3) is 0.500. The predicted octanol–water partition coefficient (Wildman–Crippen LogP) is 3.16. The minimum atomic E-state index is 0.297. The van der Waals surface area contributed by atoms with Crippen LogP contribution in [0.2, 0.25) is 0 Å². The molecule has 0 spiro atoms. The van der Waals surface area contributed by atoms with Crippen molar-refractivity contribution in [3.63, 3.8) is 0 Å². The van der Waals surface area contributed by atoms with E-state index in [2.05, 4.69) is 23.1 Å². The van der Waals surface area contributed by atoms with E-state index in [1.807, 2.05) is 13.0 Å². The van der Waals surface area contributed by atoms with Crippen molar-refractivity contribution in [3.05, 3.63) is 23.5 Å². The average Bonchev–Trinajstić information content (AvgIpc) is 3.22.